The molecule has 1 fully saturated rings. The van der Waals surface area contributed by atoms with Gasteiger partial charge in [0.2, 0.25) is 0 Å². The monoisotopic (exact) mass is 392 g/mol. The molecule has 1 aliphatic carbocycles. The van der Waals surface area contributed by atoms with Crippen molar-refractivity contribution < 1.29 is 19.4 Å². The number of carbonyl (C=O) groups excluding carboxylic acids is 2. The van der Waals surface area contributed by atoms with Crippen molar-refractivity contribution in [1.82, 2.24) is 4.90 Å². The second-order valence-corrected chi connectivity index (χ2v) is 8.00. The molecule has 0 unspecified atom stereocenters. The Bertz CT molecular complexity index is 969. The molecule has 29 heavy (non-hydrogen) atoms. The van der Waals surface area contributed by atoms with Crippen molar-refractivity contribution in [2.75, 3.05) is 37.9 Å². The lowest BCUT2D eigenvalue weighted by molar-refractivity contribution is -0.141. The molecule has 1 N–H and O–H groups in total. The third-order valence-electron chi connectivity index (χ3n) is 6.43. The highest BCUT2D eigenvalue weighted by Crippen LogP contribution is 2.48. The molecule has 2 atom stereocenters. The lowest BCUT2D eigenvalue weighted by Gasteiger charge is -2.35. The molecule has 3 aliphatic rings. The zero-order valence-electron chi connectivity index (χ0n) is 16.2. The van der Waals surface area contributed by atoms with Gasteiger partial charge in [-0.15, -0.1) is 0 Å². The molecule has 6 heteroatoms. The van der Waals surface area contributed by atoms with E-state index in [1.165, 1.54) is 0 Å². The van der Waals surface area contributed by atoms with E-state index in [2.05, 4.69) is 4.90 Å². The number of Topliss-reactive ketones (excluding diaryl/α,β-unsaturated/α-hetero) is 1. The van der Waals surface area contributed by atoms with Crippen LogP contribution in [0.4, 0.5) is 5.69 Å². The van der Waals surface area contributed by atoms with Gasteiger partial charge in [0.25, 0.3) is 5.91 Å². The van der Waals surface area contributed by atoms with Gasteiger partial charge in [-0.25, -0.2) is 0 Å². The zero-order chi connectivity index (χ0) is 20.0. The van der Waals surface area contributed by atoms with Crippen molar-refractivity contribution in [2.45, 2.75) is 18.4 Å². The van der Waals surface area contributed by atoms with Crippen LogP contribution in [0.15, 0.2) is 48.5 Å². The minimum absolute atomic E-state index is 0.147. The summed E-state index contributed by atoms with van der Waals surface area (Å²) < 4.78 is 5.40. The number of ether oxygens (including phenoxy) is 1. The average Bonchev–Trinajstić information content (AvgIpc) is 2.98. The highest BCUT2D eigenvalue weighted by atomic mass is 16.5. The number of nitrogens with zero attached hydrogens (tertiary/aromatic N) is 2. The number of benzene rings is 2. The summed E-state index contributed by atoms with van der Waals surface area (Å²) in [6, 6.07) is 14.8. The Labute approximate surface area is 169 Å². The Morgan fingerprint density at radius 2 is 1.76 bits per heavy atom. The smallest absolute Gasteiger partial charge is 0.265 e. The maximum absolute atomic E-state index is 13.6. The molecule has 0 bridgehead atoms. The van der Waals surface area contributed by atoms with Gasteiger partial charge in [-0.1, -0.05) is 42.5 Å². The molecule has 2 heterocycles. The van der Waals surface area contributed by atoms with Crippen LogP contribution >= 0.6 is 0 Å². The molecule has 0 radical (unpaired) electrons. The molecule has 0 aromatic heterocycles. The normalized spacial score (nSPS) is 27.1. The van der Waals surface area contributed by atoms with Crippen LogP contribution < -0.4 is 4.90 Å². The van der Waals surface area contributed by atoms with E-state index in [1.54, 1.807) is 17.0 Å². The molecular weight excluding hydrogens is 368 g/mol. The van der Waals surface area contributed by atoms with Gasteiger partial charge in [-0.05, 0) is 24.5 Å². The number of carbonyl (C=O) groups is 2. The van der Waals surface area contributed by atoms with Gasteiger partial charge in [0, 0.05) is 24.2 Å². The van der Waals surface area contributed by atoms with E-state index in [1.807, 2.05) is 36.4 Å². The fourth-order valence-electron chi connectivity index (χ4n) is 4.88. The maximum atomic E-state index is 13.6. The van der Waals surface area contributed by atoms with E-state index in [0.29, 0.717) is 49.5 Å². The standard InChI is InChI=1S/C23H24N2O4/c26-21-17-6-2-1-5-16(17)9-10-19(21)23(28)18-7-3-4-8-20(18)25(22(23)27)15-24-11-13-29-14-12-24/h1-8,19,28H,9-15H2/t19-,23-/m0/s1. The van der Waals surface area contributed by atoms with Crippen LogP contribution in [0, 0.1) is 5.92 Å². The van der Waals surface area contributed by atoms with Crippen molar-refractivity contribution >= 4 is 17.4 Å². The summed E-state index contributed by atoms with van der Waals surface area (Å²) in [5, 5.41) is 11.8. The first-order valence-corrected chi connectivity index (χ1v) is 10.2. The van der Waals surface area contributed by atoms with Crippen LogP contribution in [0.1, 0.15) is 27.9 Å². The van der Waals surface area contributed by atoms with Crippen molar-refractivity contribution in [3.63, 3.8) is 0 Å². The maximum Gasteiger partial charge on any atom is 0.265 e. The van der Waals surface area contributed by atoms with E-state index < -0.39 is 17.4 Å². The number of para-hydroxylation sites is 1. The lowest BCUT2D eigenvalue weighted by atomic mass is 9.71. The molecule has 2 aromatic rings. The van der Waals surface area contributed by atoms with Gasteiger partial charge in [0.1, 0.15) is 0 Å². The number of rotatable bonds is 3. The first-order valence-electron chi connectivity index (χ1n) is 10.2. The van der Waals surface area contributed by atoms with Crippen molar-refractivity contribution in [2.24, 2.45) is 5.92 Å². The Morgan fingerprint density at radius 1 is 1.03 bits per heavy atom. The van der Waals surface area contributed by atoms with Gasteiger partial charge in [0.05, 0.1) is 31.5 Å². The summed E-state index contributed by atoms with van der Waals surface area (Å²) in [6.07, 6.45) is 1.13. The second-order valence-electron chi connectivity index (χ2n) is 8.00. The van der Waals surface area contributed by atoms with Crippen LogP contribution in [0.5, 0.6) is 0 Å². The number of hydrogen-bond donors (Lipinski definition) is 1. The number of anilines is 1. The SMILES string of the molecule is O=C1c2ccccc2CC[C@@H]1[C@]1(O)C(=O)N(CN2CCOCC2)c2ccccc21. The van der Waals surface area contributed by atoms with Crippen LogP contribution in [-0.4, -0.2) is 54.7 Å². The summed E-state index contributed by atoms with van der Waals surface area (Å²) in [5.41, 5.74) is 1.01. The fourth-order valence-corrected chi connectivity index (χ4v) is 4.88. The molecule has 0 saturated carbocycles. The summed E-state index contributed by atoms with van der Waals surface area (Å²) in [5.74, 6) is -1.32. The summed E-state index contributed by atoms with van der Waals surface area (Å²) in [7, 11) is 0. The van der Waals surface area contributed by atoms with Crippen molar-refractivity contribution in [3.8, 4) is 0 Å². The molecule has 150 valence electrons. The Balaban J connectivity index is 1.53. The molecule has 1 saturated heterocycles. The number of aliphatic hydroxyl groups is 1. The first-order chi connectivity index (χ1) is 14.1. The predicted octanol–water partition coefficient (Wildman–Crippen LogP) is 1.96. The van der Waals surface area contributed by atoms with Crippen molar-refractivity contribution in [1.29, 1.82) is 0 Å². The minimum atomic E-state index is -1.83. The Hall–Kier alpha value is -2.54. The largest absolute Gasteiger partial charge is 0.379 e. The molecule has 2 aromatic carbocycles. The van der Waals surface area contributed by atoms with Crippen LogP contribution in [0.2, 0.25) is 0 Å². The number of aryl methyl sites for hydroxylation is 1. The van der Waals surface area contributed by atoms with Crippen molar-refractivity contribution in [3.05, 3.63) is 65.2 Å². The number of fused-ring (bicyclic) bond motifs is 2. The predicted molar refractivity (Wildman–Crippen MR) is 108 cm³/mol. The molecule has 0 spiro atoms. The van der Waals surface area contributed by atoms with Gasteiger partial charge in [0.15, 0.2) is 11.4 Å². The highest BCUT2D eigenvalue weighted by Gasteiger charge is 2.57. The number of hydrogen-bond acceptors (Lipinski definition) is 5. The van der Waals surface area contributed by atoms with Crippen LogP contribution in [-0.2, 0) is 21.6 Å². The van der Waals surface area contributed by atoms with Gasteiger partial charge < -0.3 is 9.84 Å². The first kappa shape index (κ1) is 18.5. The lowest BCUT2D eigenvalue weighted by Crippen LogP contribution is -2.52. The quantitative estimate of drug-likeness (QED) is 0.865. The summed E-state index contributed by atoms with van der Waals surface area (Å²) >= 11 is 0. The number of ketones is 1. The molecule has 1 amide bonds. The molecule has 2 aliphatic heterocycles. The third-order valence-corrected chi connectivity index (χ3v) is 6.43. The van der Waals surface area contributed by atoms with E-state index >= 15 is 0 Å². The molecule has 5 rings (SSSR count). The average molecular weight is 392 g/mol. The topological polar surface area (TPSA) is 70.1 Å². The summed E-state index contributed by atoms with van der Waals surface area (Å²) in [6.45, 7) is 3.12. The van der Waals surface area contributed by atoms with E-state index in [-0.39, 0.29) is 5.78 Å². The van der Waals surface area contributed by atoms with Crippen LogP contribution in [0.25, 0.3) is 0 Å². The van der Waals surface area contributed by atoms with E-state index in [9.17, 15) is 14.7 Å². The fraction of sp³-hybridized carbons (Fsp3) is 0.391. The van der Waals surface area contributed by atoms with Gasteiger partial charge in [-0.2, -0.15) is 0 Å². The van der Waals surface area contributed by atoms with E-state index in [0.717, 1.165) is 18.7 Å². The Kier molecular flexibility index (Phi) is 4.50. The zero-order valence-corrected chi connectivity index (χ0v) is 16.2. The molecular formula is C23H24N2O4. The number of amides is 1. The molecule has 6 nitrogen and oxygen atoms in total. The minimum Gasteiger partial charge on any atom is -0.379 e. The van der Waals surface area contributed by atoms with Gasteiger partial charge in [-0.3, -0.25) is 19.4 Å². The second kappa shape index (κ2) is 7.06. The van der Waals surface area contributed by atoms with Gasteiger partial charge >= 0.3 is 0 Å². The highest BCUT2D eigenvalue weighted by molar-refractivity contribution is 6.12. The Morgan fingerprint density at radius 3 is 2.59 bits per heavy atom. The number of morpholine rings is 1. The summed E-state index contributed by atoms with van der Waals surface area (Å²) in [4.78, 5) is 30.7. The van der Waals surface area contributed by atoms with Crippen LogP contribution in [0.3, 0.4) is 0 Å². The van der Waals surface area contributed by atoms with E-state index in [4.69, 9.17) is 4.74 Å². The third kappa shape index (κ3) is 2.82.